The van der Waals surface area contributed by atoms with E-state index in [9.17, 15) is 0 Å². The van der Waals surface area contributed by atoms with Gasteiger partial charge >= 0.3 is 0 Å². The maximum atomic E-state index is 4.92. The minimum Gasteiger partial charge on any atom is -0.340 e. The summed E-state index contributed by atoms with van der Waals surface area (Å²) < 4.78 is 4.92. The molecule has 90 valence electrons. The van der Waals surface area contributed by atoms with E-state index in [0.29, 0.717) is 5.89 Å². The summed E-state index contributed by atoms with van der Waals surface area (Å²) in [6.45, 7) is 2.70. The minimum atomic E-state index is 0.616. The van der Waals surface area contributed by atoms with E-state index in [-0.39, 0.29) is 0 Å². The molecular formula is C12H15N3OS. The van der Waals surface area contributed by atoms with Crippen LogP contribution >= 0.6 is 11.8 Å². The van der Waals surface area contributed by atoms with Crippen LogP contribution in [0.15, 0.2) is 33.7 Å². The van der Waals surface area contributed by atoms with Crippen LogP contribution in [0.25, 0.3) is 0 Å². The van der Waals surface area contributed by atoms with Crippen LogP contribution in [0.1, 0.15) is 17.3 Å². The molecule has 0 aliphatic carbocycles. The van der Waals surface area contributed by atoms with E-state index in [2.05, 4.69) is 39.7 Å². The molecule has 0 spiro atoms. The van der Waals surface area contributed by atoms with E-state index in [1.165, 1.54) is 10.5 Å². The van der Waals surface area contributed by atoms with Gasteiger partial charge in [-0.2, -0.15) is 4.98 Å². The molecule has 0 aliphatic heterocycles. The lowest BCUT2D eigenvalue weighted by atomic mass is 10.2. The maximum absolute atomic E-state index is 4.92. The molecule has 1 aromatic heterocycles. The summed E-state index contributed by atoms with van der Waals surface area (Å²) in [6, 6.07) is 8.48. The molecule has 0 atom stereocenters. The number of hydrogen-bond donors (Lipinski definition) is 1. The zero-order valence-electron chi connectivity index (χ0n) is 9.93. The zero-order valence-corrected chi connectivity index (χ0v) is 10.8. The van der Waals surface area contributed by atoms with Gasteiger partial charge in [0.2, 0.25) is 5.89 Å². The number of rotatable bonds is 5. The van der Waals surface area contributed by atoms with Gasteiger partial charge in [-0.25, -0.2) is 0 Å². The molecule has 17 heavy (non-hydrogen) atoms. The molecule has 0 unspecified atom stereocenters. The smallest absolute Gasteiger partial charge is 0.223 e. The number of aryl methyl sites for hydroxylation is 1. The number of aromatic nitrogens is 2. The second kappa shape index (κ2) is 5.84. The second-order valence-corrected chi connectivity index (χ2v) is 4.74. The zero-order chi connectivity index (χ0) is 12.1. The number of nitrogens with one attached hydrogen (secondary N) is 1. The normalized spacial score (nSPS) is 10.7. The Hall–Kier alpha value is -1.33. The SMILES string of the molecule is CNCc1ccc(SCc2noc(C)n2)cc1. The number of hydrogen-bond acceptors (Lipinski definition) is 5. The fraction of sp³-hybridized carbons (Fsp3) is 0.333. The highest BCUT2D eigenvalue weighted by Crippen LogP contribution is 2.21. The van der Waals surface area contributed by atoms with Crippen LogP contribution in [0.3, 0.4) is 0 Å². The van der Waals surface area contributed by atoms with Gasteiger partial charge in [-0.1, -0.05) is 17.3 Å². The summed E-state index contributed by atoms with van der Waals surface area (Å²) in [5.74, 6) is 2.10. The first-order valence-electron chi connectivity index (χ1n) is 5.43. The van der Waals surface area contributed by atoms with Crippen molar-refractivity contribution in [3.8, 4) is 0 Å². The van der Waals surface area contributed by atoms with Crippen molar-refractivity contribution in [2.75, 3.05) is 7.05 Å². The van der Waals surface area contributed by atoms with Gasteiger partial charge in [0.15, 0.2) is 5.82 Å². The topological polar surface area (TPSA) is 51.0 Å². The van der Waals surface area contributed by atoms with Gasteiger partial charge in [-0.15, -0.1) is 11.8 Å². The Bertz CT molecular complexity index is 467. The highest BCUT2D eigenvalue weighted by atomic mass is 32.2. The standard InChI is InChI=1S/C12H15N3OS/c1-9-14-12(15-16-9)8-17-11-5-3-10(4-6-11)7-13-2/h3-6,13H,7-8H2,1-2H3. The molecule has 0 saturated heterocycles. The van der Waals surface area contributed by atoms with Crippen molar-refractivity contribution in [1.29, 1.82) is 0 Å². The van der Waals surface area contributed by atoms with Crippen molar-refractivity contribution in [2.24, 2.45) is 0 Å². The molecule has 0 radical (unpaired) electrons. The molecule has 1 N–H and O–H groups in total. The highest BCUT2D eigenvalue weighted by molar-refractivity contribution is 7.98. The summed E-state index contributed by atoms with van der Waals surface area (Å²) >= 11 is 1.71. The van der Waals surface area contributed by atoms with Crippen molar-refractivity contribution >= 4 is 11.8 Å². The third-order valence-corrected chi connectivity index (χ3v) is 3.25. The molecule has 5 heteroatoms. The van der Waals surface area contributed by atoms with Crippen molar-refractivity contribution in [1.82, 2.24) is 15.5 Å². The predicted octanol–water partition coefficient (Wildman–Crippen LogP) is 2.39. The van der Waals surface area contributed by atoms with E-state index < -0.39 is 0 Å². The van der Waals surface area contributed by atoms with Crippen LogP contribution in [-0.2, 0) is 12.3 Å². The van der Waals surface area contributed by atoms with Crippen LogP contribution in [0.5, 0.6) is 0 Å². The van der Waals surface area contributed by atoms with E-state index in [1.807, 2.05) is 7.05 Å². The lowest BCUT2D eigenvalue weighted by Gasteiger charge is -2.02. The quantitative estimate of drug-likeness (QED) is 0.825. The van der Waals surface area contributed by atoms with Gasteiger partial charge in [0.05, 0.1) is 5.75 Å². The summed E-state index contributed by atoms with van der Waals surface area (Å²) in [5, 5.41) is 6.99. The summed E-state index contributed by atoms with van der Waals surface area (Å²) in [6.07, 6.45) is 0. The predicted molar refractivity (Wildman–Crippen MR) is 67.8 cm³/mol. The molecular weight excluding hydrogens is 234 g/mol. The summed E-state index contributed by atoms with van der Waals surface area (Å²) in [5.41, 5.74) is 1.28. The average Bonchev–Trinajstić information content (AvgIpc) is 2.75. The van der Waals surface area contributed by atoms with Crippen LogP contribution < -0.4 is 5.32 Å². The van der Waals surface area contributed by atoms with E-state index >= 15 is 0 Å². The first-order chi connectivity index (χ1) is 8.28. The van der Waals surface area contributed by atoms with Gasteiger partial charge in [-0.3, -0.25) is 0 Å². The number of nitrogens with zero attached hydrogens (tertiary/aromatic N) is 2. The molecule has 0 aliphatic rings. The Morgan fingerprint density at radius 3 is 2.65 bits per heavy atom. The second-order valence-electron chi connectivity index (χ2n) is 3.69. The Balaban J connectivity index is 1.90. The van der Waals surface area contributed by atoms with Gasteiger partial charge in [0.25, 0.3) is 0 Å². The first kappa shape index (κ1) is 12.1. The molecule has 0 amide bonds. The average molecular weight is 249 g/mol. The highest BCUT2D eigenvalue weighted by Gasteiger charge is 2.03. The third-order valence-electron chi connectivity index (χ3n) is 2.24. The lowest BCUT2D eigenvalue weighted by Crippen LogP contribution is -2.04. The van der Waals surface area contributed by atoms with E-state index in [0.717, 1.165) is 18.1 Å². The summed E-state index contributed by atoms with van der Waals surface area (Å²) in [4.78, 5) is 5.38. The molecule has 0 saturated carbocycles. The Morgan fingerprint density at radius 1 is 1.29 bits per heavy atom. The van der Waals surface area contributed by atoms with Crippen molar-refractivity contribution in [3.05, 3.63) is 41.5 Å². The monoisotopic (exact) mass is 249 g/mol. The van der Waals surface area contributed by atoms with E-state index in [1.54, 1.807) is 18.7 Å². The van der Waals surface area contributed by atoms with Crippen LogP contribution in [0.2, 0.25) is 0 Å². The molecule has 1 aromatic carbocycles. The van der Waals surface area contributed by atoms with Crippen molar-refractivity contribution < 1.29 is 4.52 Å². The Kier molecular flexibility index (Phi) is 4.17. The fourth-order valence-electron chi connectivity index (χ4n) is 1.46. The van der Waals surface area contributed by atoms with Crippen LogP contribution in [-0.4, -0.2) is 17.2 Å². The molecule has 0 bridgehead atoms. The fourth-order valence-corrected chi connectivity index (χ4v) is 2.20. The Morgan fingerprint density at radius 2 is 2.06 bits per heavy atom. The lowest BCUT2D eigenvalue weighted by molar-refractivity contribution is 0.389. The van der Waals surface area contributed by atoms with Gasteiger partial charge < -0.3 is 9.84 Å². The van der Waals surface area contributed by atoms with Gasteiger partial charge in [0, 0.05) is 18.4 Å². The molecule has 0 fully saturated rings. The maximum Gasteiger partial charge on any atom is 0.223 e. The van der Waals surface area contributed by atoms with Crippen LogP contribution in [0, 0.1) is 6.92 Å². The minimum absolute atomic E-state index is 0.616. The largest absolute Gasteiger partial charge is 0.340 e. The third kappa shape index (κ3) is 3.57. The molecule has 1 heterocycles. The van der Waals surface area contributed by atoms with Gasteiger partial charge in [0.1, 0.15) is 0 Å². The number of benzene rings is 1. The number of thioether (sulfide) groups is 1. The van der Waals surface area contributed by atoms with Crippen molar-refractivity contribution in [3.63, 3.8) is 0 Å². The van der Waals surface area contributed by atoms with Gasteiger partial charge in [-0.05, 0) is 24.7 Å². The van der Waals surface area contributed by atoms with E-state index in [4.69, 9.17) is 4.52 Å². The van der Waals surface area contributed by atoms with Crippen molar-refractivity contribution in [2.45, 2.75) is 24.1 Å². The van der Waals surface area contributed by atoms with Crippen LogP contribution in [0.4, 0.5) is 0 Å². The molecule has 2 rings (SSSR count). The Labute approximate surface area is 105 Å². The summed E-state index contributed by atoms with van der Waals surface area (Å²) in [7, 11) is 1.95. The first-order valence-corrected chi connectivity index (χ1v) is 6.42. The molecule has 4 nitrogen and oxygen atoms in total. The molecule has 2 aromatic rings.